The predicted molar refractivity (Wildman–Crippen MR) is 54.4 cm³/mol. The summed E-state index contributed by atoms with van der Waals surface area (Å²) in [5, 5.41) is 0. The summed E-state index contributed by atoms with van der Waals surface area (Å²) in [5.41, 5.74) is -0.475. The largest absolute Gasteiger partial charge is 0.458 e. The van der Waals surface area contributed by atoms with E-state index in [1.54, 1.807) is 0 Å². The van der Waals surface area contributed by atoms with Crippen molar-refractivity contribution in [1.82, 2.24) is 0 Å². The van der Waals surface area contributed by atoms with Crippen LogP contribution in [0.25, 0.3) is 0 Å². The second-order valence-corrected chi connectivity index (χ2v) is 3.37. The number of hydrogen-bond acceptors (Lipinski definition) is 2. The molecule has 2 nitrogen and oxygen atoms in total. The molecule has 0 bridgehead atoms. The van der Waals surface area contributed by atoms with Crippen molar-refractivity contribution in [2.75, 3.05) is 0 Å². The summed E-state index contributed by atoms with van der Waals surface area (Å²) in [6.45, 7) is 6.19. The second-order valence-electron chi connectivity index (χ2n) is 3.37. The highest BCUT2D eigenvalue weighted by molar-refractivity contribution is 5.38. The van der Waals surface area contributed by atoms with Gasteiger partial charge < -0.3 is 4.74 Å². The molecule has 74 valence electrons. The number of carbonyl (C=O) groups excluding carboxylic acids is 1. The van der Waals surface area contributed by atoms with Crippen LogP contribution in [-0.4, -0.2) is 12.1 Å². The third-order valence-electron chi connectivity index (χ3n) is 1.61. The van der Waals surface area contributed by atoms with Gasteiger partial charge in [-0.3, -0.25) is 4.79 Å². The van der Waals surface area contributed by atoms with Crippen LogP contribution in [0.15, 0.2) is 24.3 Å². The zero-order valence-corrected chi connectivity index (χ0v) is 8.62. The van der Waals surface area contributed by atoms with Crippen LogP contribution in [0.5, 0.6) is 0 Å². The third kappa shape index (κ3) is 7.32. The Labute approximate surface area is 80.3 Å². The molecule has 0 rings (SSSR count). The molecule has 0 N–H and O–H groups in total. The molecule has 0 heterocycles. The zero-order chi connectivity index (χ0) is 10.2. The van der Waals surface area contributed by atoms with Crippen molar-refractivity contribution in [3.05, 3.63) is 24.3 Å². The molecule has 0 saturated carbocycles. The Morgan fingerprint density at radius 2 is 1.85 bits per heavy atom. The first-order chi connectivity index (χ1) is 6.12. The Hall–Kier alpha value is -1.05. The van der Waals surface area contributed by atoms with E-state index in [0.717, 1.165) is 12.8 Å². The van der Waals surface area contributed by atoms with E-state index in [1.807, 2.05) is 39.0 Å². The second kappa shape index (κ2) is 6.46. The zero-order valence-electron chi connectivity index (χ0n) is 8.62. The minimum absolute atomic E-state index is 0.475. The fraction of sp³-hybridized carbons (Fsp3) is 0.545. The summed E-state index contributed by atoms with van der Waals surface area (Å²) in [7, 11) is 0. The lowest BCUT2D eigenvalue weighted by Crippen LogP contribution is -2.19. The van der Waals surface area contributed by atoms with Gasteiger partial charge in [-0.15, -0.1) is 0 Å². The van der Waals surface area contributed by atoms with E-state index < -0.39 is 5.60 Å². The number of allylic oxidation sites excluding steroid dienone is 3. The number of rotatable bonds is 6. The highest BCUT2D eigenvalue weighted by Gasteiger charge is 2.12. The average molecular weight is 182 g/mol. The van der Waals surface area contributed by atoms with Crippen molar-refractivity contribution in [2.45, 2.75) is 39.2 Å². The van der Waals surface area contributed by atoms with Crippen LogP contribution in [0.1, 0.15) is 33.6 Å². The summed E-state index contributed by atoms with van der Waals surface area (Å²) < 4.78 is 4.85. The highest BCUT2D eigenvalue weighted by Crippen LogP contribution is 2.10. The van der Waals surface area contributed by atoms with Gasteiger partial charge in [-0.1, -0.05) is 18.2 Å². The molecule has 0 atom stereocenters. The van der Waals surface area contributed by atoms with Crippen LogP contribution < -0.4 is 0 Å². The maximum atomic E-state index is 10.1. The first-order valence-corrected chi connectivity index (χ1v) is 4.52. The van der Waals surface area contributed by atoms with Crippen molar-refractivity contribution in [3.63, 3.8) is 0 Å². The van der Waals surface area contributed by atoms with Crippen LogP contribution in [0.2, 0.25) is 0 Å². The van der Waals surface area contributed by atoms with E-state index in [4.69, 9.17) is 4.74 Å². The first-order valence-electron chi connectivity index (χ1n) is 4.52. The number of ether oxygens (including phenoxy) is 1. The summed E-state index contributed by atoms with van der Waals surface area (Å²) in [4.78, 5) is 10.1. The monoisotopic (exact) mass is 182 g/mol. The highest BCUT2D eigenvalue weighted by atomic mass is 16.5. The number of unbranched alkanes of at least 4 members (excludes halogenated alkanes) is 1. The smallest absolute Gasteiger partial charge is 0.293 e. The molecule has 0 aliphatic carbocycles. The molecule has 0 aromatic heterocycles. The third-order valence-corrected chi connectivity index (χ3v) is 1.61. The normalized spacial score (nSPS) is 12.5. The topological polar surface area (TPSA) is 26.3 Å². The molecule has 0 aliphatic rings. The fourth-order valence-corrected chi connectivity index (χ4v) is 0.890. The lowest BCUT2D eigenvalue weighted by atomic mass is 10.1. The maximum Gasteiger partial charge on any atom is 0.293 e. The van der Waals surface area contributed by atoms with Crippen LogP contribution in [0, 0.1) is 0 Å². The van der Waals surface area contributed by atoms with Gasteiger partial charge in [0.1, 0.15) is 5.60 Å². The van der Waals surface area contributed by atoms with E-state index in [2.05, 4.69) is 6.08 Å². The van der Waals surface area contributed by atoms with Gasteiger partial charge in [-0.05, 0) is 39.7 Å². The summed E-state index contributed by atoms with van der Waals surface area (Å²) in [5.74, 6) is 0. The van der Waals surface area contributed by atoms with Crippen LogP contribution in [0.4, 0.5) is 0 Å². The van der Waals surface area contributed by atoms with Crippen molar-refractivity contribution in [1.29, 1.82) is 0 Å². The molecule has 0 aliphatic heterocycles. The quantitative estimate of drug-likeness (QED) is 0.358. The molecular weight excluding hydrogens is 164 g/mol. The lowest BCUT2D eigenvalue weighted by Gasteiger charge is -2.17. The van der Waals surface area contributed by atoms with E-state index in [0.29, 0.717) is 6.47 Å². The number of hydrogen-bond donors (Lipinski definition) is 0. The van der Waals surface area contributed by atoms with E-state index in [-0.39, 0.29) is 0 Å². The fourth-order valence-electron chi connectivity index (χ4n) is 0.890. The van der Waals surface area contributed by atoms with Gasteiger partial charge in [0.25, 0.3) is 6.47 Å². The van der Waals surface area contributed by atoms with Gasteiger partial charge in [0.05, 0.1) is 0 Å². The Balaban J connectivity index is 3.74. The van der Waals surface area contributed by atoms with Crippen LogP contribution >= 0.6 is 0 Å². The lowest BCUT2D eigenvalue weighted by molar-refractivity contribution is -0.136. The Bertz CT molecular complexity index is 190. The van der Waals surface area contributed by atoms with Gasteiger partial charge in [-0.25, -0.2) is 0 Å². The molecule has 0 spiro atoms. The van der Waals surface area contributed by atoms with Gasteiger partial charge in [0.2, 0.25) is 0 Å². The van der Waals surface area contributed by atoms with Crippen LogP contribution in [-0.2, 0) is 9.53 Å². The molecule has 0 amide bonds. The SMILES string of the molecule is C/C=C/CC/C=C/C(C)(C)OC=O. The number of carbonyl (C=O) groups is 1. The predicted octanol–water partition coefficient (Wildman–Crippen LogP) is 2.85. The molecule has 2 heteroatoms. The van der Waals surface area contributed by atoms with E-state index in [1.165, 1.54) is 0 Å². The Morgan fingerprint density at radius 3 is 2.38 bits per heavy atom. The summed E-state index contributed by atoms with van der Waals surface area (Å²) >= 11 is 0. The molecule has 0 aromatic rings. The average Bonchev–Trinajstić information content (AvgIpc) is 2.04. The summed E-state index contributed by atoms with van der Waals surface area (Å²) in [6, 6.07) is 0. The van der Waals surface area contributed by atoms with Crippen molar-refractivity contribution < 1.29 is 9.53 Å². The first kappa shape index (κ1) is 11.9. The van der Waals surface area contributed by atoms with Gasteiger partial charge in [0.15, 0.2) is 0 Å². The standard InChI is InChI=1S/C11H18O2/c1-4-5-6-7-8-9-11(2,3)13-10-12/h4-5,8-10H,6-7H2,1-3H3/b5-4+,9-8+. The molecule has 0 radical (unpaired) electrons. The molecule has 0 saturated heterocycles. The minimum atomic E-state index is -0.475. The van der Waals surface area contributed by atoms with Gasteiger partial charge in [0, 0.05) is 0 Å². The Kier molecular flexibility index (Phi) is 5.94. The summed E-state index contributed by atoms with van der Waals surface area (Å²) in [6.07, 6.45) is 10.1. The molecule has 0 unspecified atom stereocenters. The van der Waals surface area contributed by atoms with Crippen molar-refractivity contribution >= 4 is 6.47 Å². The maximum absolute atomic E-state index is 10.1. The Morgan fingerprint density at radius 1 is 1.23 bits per heavy atom. The van der Waals surface area contributed by atoms with Crippen molar-refractivity contribution in [3.8, 4) is 0 Å². The van der Waals surface area contributed by atoms with Gasteiger partial charge in [-0.2, -0.15) is 0 Å². The van der Waals surface area contributed by atoms with E-state index >= 15 is 0 Å². The molecule has 0 aromatic carbocycles. The van der Waals surface area contributed by atoms with Gasteiger partial charge >= 0.3 is 0 Å². The molecular formula is C11H18O2. The van der Waals surface area contributed by atoms with Crippen LogP contribution in [0.3, 0.4) is 0 Å². The van der Waals surface area contributed by atoms with E-state index in [9.17, 15) is 4.79 Å². The molecule has 13 heavy (non-hydrogen) atoms. The molecule has 0 fully saturated rings. The van der Waals surface area contributed by atoms with Crippen molar-refractivity contribution in [2.24, 2.45) is 0 Å². The minimum Gasteiger partial charge on any atom is -0.458 e.